The summed E-state index contributed by atoms with van der Waals surface area (Å²) in [7, 11) is -3.37. The van der Waals surface area contributed by atoms with Gasteiger partial charge in [-0.05, 0) is 67.1 Å². The number of piperidine rings is 1. The molecule has 0 bridgehead atoms. The van der Waals surface area contributed by atoms with Gasteiger partial charge in [-0.15, -0.1) is 0 Å². The SMILES string of the molecule is Cc1cccn1CCc1ccc(-c2ccc(S(=O)(=O)N3CCCCC3)cc2)cc1. The summed E-state index contributed by atoms with van der Waals surface area (Å²) in [4.78, 5) is 0.391. The average molecular weight is 409 g/mol. The van der Waals surface area contributed by atoms with Crippen molar-refractivity contribution < 1.29 is 8.42 Å². The predicted octanol–water partition coefficient (Wildman–Crippen LogP) is 4.88. The predicted molar refractivity (Wildman–Crippen MR) is 117 cm³/mol. The minimum atomic E-state index is -3.37. The molecule has 1 aromatic heterocycles. The Labute approximate surface area is 173 Å². The maximum Gasteiger partial charge on any atom is 0.243 e. The Morgan fingerprint density at radius 2 is 1.45 bits per heavy atom. The zero-order valence-corrected chi connectivity index (χ0v) is 17.7. The Kier molecular flexibility index (Phi) is 5.88. The van der Waals surface area contributed by atoms with Gasteiger partial charge in [0.15, 0.2) is 0 Å². The summed E-state index contributed by atoms with van der Waals surface area (Å²) in [5.41, 5.74) is 4.72. The number of nitrogens with zero attached hydrogens (tertiary/aromatic N) is 2. The number of rotatable bonds is 6. The number of aryl methyl sites for hydroxylation is 3. The Morgan fingerprint density at radius 1 is 0.828 bits per heavy atom. The first-order valence-electron chi connectivity index (χ1n) is 10.4. The van der Waals surface area contributed by atoms with Crippen molar-refractivity contribution in [3.8, 4) is 11.1 Å². The minimum absolute atomic E-state index is 0.391. The van der Waals surface area contributed by atoms with E-state index in [1.807, 2.05) is 12.1 Å². The molecular weight excluding hydrogens is 380 g/mol. The van der Waals surface area contributed by atoms with Gasteiger partial charge in [-0.3, -0.25) is 0 Å². The van der Waals surface area contributed by atoms with Crippen molar-refractivity contribution in [2.75, 3.05) is 13.1 Å². The monoisotopic (exact) mass is 408 g/mol. The highest BCUT2D eigenvalue weighted by molar-refractivity contribution is 7.89. The van der Waals surface area contributed by atoms with Gasteiger partial charge in [0.05, 0.1) is 4.90 Å². The molecule has 2 aromatic carbocycles. The van der Waals surface area contributed by atoms with Crippen molar-refractivity contribution in [3.05, 3.63) is 78.1 Å². The van der Waals surface area contributed by atoms with Crippen LogP contribution < -0.4 is 0 Å². The lowest BCUT2D eigenvalue weighted by atomic mass is 10.0. The number of aromatic nitrogens is 1. The van der Waals surface area contributed by atoms with Crippen LogP contribution in [0.2, 0.25) is 0 Å². The van der Waals surface area contributed by atoms with Gasteiger partial charge in [0.25, 0.3) is 0 Å². The lowest BCUT2D eigenvalue weighted by Gasteiger charge is -2.25. The quantitative estimate of drug-likeness (QED) is 0.583. The van der Waals surface area contributed by atoms with E-state index in [9.17, 15) is 8.42 Å². The molecule has 0 spiro atoms. The molecule has 152 valence electrons. The van der Waals surface area contributed by atoms with E-state index in [4.69, 9.17) is 0 Å². The molecule has 1 aliphatic rings. The second-order valence-corrected chi connectivity index (χ2v) is 9.72. The molecule has 0 saturated carbocycles. The zero-order valence-electron chi connectivity index (χ0n) is 16.9. The third-order valence-corrected chi connectivity index (χ3v) is 7.71. The lowest BCUT2D eigenvalue weighted by molar-refractivity contribution is 0.346. The summed E-state index contributed by atoms with van der Waals surface area (Å²) in [5, 5.41) is 0. The summed E-state index contributed by atoms with van der Waals surface area (Å²) in [6.45, 7) is 4.36. The van der Waals surface area contributed by atoms with E-state index in [-0.39, 0.29) is 0 Å². The normalized spacial score (nSPS) is 15.5. The van der Waals surface area contributed by atoms with E-state index in [1.165, 1.54) is 11.3 Å². The summed E-state index contributed by atoms with van der Waals surface area (Å²) in [6.07, 6.45) is 6.12. The Bertz CT molecular complexity index is 1050. The van der Waals surface area contributed by atoms with E-state index < -0.39 is 10.0 Å². The van der Waals surface area contributed by atoms with Crippen LogP contribution >= 0.6 is 0 Å². The molecule has 0 radical (unpaired) electrons. The Hall–Kier alpha value is -2.37. The van der Waals surface area contributed by atoms with Gasteiger partial charge in [0, 0.05) is 31.5 Å². The molecule has 0 aliphatic carbocycles. The molecule has 1 aliphatic heterocycles. The number of hydrogen-bond acceptors (Lipinski definition) is 2. The van der Waals surface area contributed by atoms with Crippen molar-refractivity contribution in [2.45, 2.75) is 44.0 Å². The fourth-order valence-electron chi connectivity index (χ4n) is 3.94. The minimum Gasteiger partial charge on any atom is -0.351 e. The van der Waals surface area contributed by atoms with Gasteiger partial charge >= 0.3 is 0 Å². The smallest absolute Gasteiger partial charge is 0.243 e. The van der Waals surface area contributed by atoms with Crippen LogP contribution in [0, 0.1) is 6.92 Å². The average Bonchev–Trinajstić information content (AvgIpc) is 3.18. The summed E-state index contributed by atoms with van der Waals surface area (Å²) < 4.78 is 29.5. The van der Waals surface area contributed by atoms with Gasteiger partial charge in [0.2, 0.25) is 10.0 Å². The molecule has 2 heterocycles. The maximum absolute atomic E-state index is 12.8. The van der Waals surface area contributed by atoms with Gasteiger partial charge in [0.1, 0.15) is 0 Å². The van der Waals surface area contributed by atoms with Crippen molar-refractivity contribution in [1.29, 1.82) is 0 Å². The third kappa shape index (κ3) is 4.46. The summed E-state index contributed by atoms with van der Waals surface area (Å²) in [6, 6.07) is 20.1. The van der Waals surface area contributed by atoms with Crippen LogP contribution in [0.25, 0.3) is 11.1 Å². The van der Waals surface area contributed by atoms with E-state index >= 15 is 0 Å². The lowest BCUT2D eigenvalue weighted by Crippen LogP contribution is -2.35. The maximum atomic E-state index is 12.8. The zero-order chi connectivity index (χ0) is 20.3. The number of sulfonamides is 1. The second-order valence-electron chi connectivity index (χ2n) is 7.78. The molecule has 3 aromatic rings. The highest BCUT2D eigenvalue weighted by Gasteiger charge is 2.25. The molecule has 0 N–H and O–H groups in total. The van der Waals surface area contributed by atoms with Crippen molar-refractivity contribution in [2.24, 2.45) is 0 Å². The molecule has 5 heteroatoms. The van der Waals surface area contributed by atoms with Gasteiger partial charge < -0.3 is 4.57 Å². The molecule has 0 unspecified atom stereocenters. The van der Waals surface area contributed by atoms with Gasteiger partial charge in [-0.1, -0.05) is 42.8 Å². The highest BCUT2D eigenvalue weighted by Crippen LogP contribution is 2.25. The topological polar surface area (TPSA) is 42.3 Å². The van der Waals surface area contributed by atoms with Crippen LogP contribution in [0.3, 0.4) is 0 Å². The Balaban J connectivity index is 1.44. The van der Waals surface area contributed by atoms with Crippen molar-refractivity contribution >= 4 is 10.0 Å². The standard InChI is InChI=1S/C24H28N2O2S/c1-20-6-5-16-25(20)19-15-21-7-9-22(10-8-21)23-11-13-24(14-12-23)29(27,28)26-17-3-2-4-18-26/h5-14,16H,2-4,15,17-19H2,1H3. The fraction of sp³-hybridized carbons (Fsp3) is 0.333. The molecular formula is C24H28N2O2S. The third-order valence-electron chi connectivity index (χ3n) is 5.79. The second kappa shape index (κ2) is 8.56. The fourth-order valence-corrected chi connectivity index (χ4v) is 5.45. The van der Waals surface area contributed by atoms with Crippen LogP contribution in [0.4, 0.5) is 0 Å². The summed E-state index contributed by atoms with van der Waals surface area (Å²) in [5.74, 6) is 0. The van der Waals surface area contributed by atoms with Crippen LogP contribution in [-0.2, 0) is 23.0 Å². The van der Waals surface area contributed by atoms with E-state index in [0.717, 1.165) is 43.4 Å². The van der Waals surface area contributed by atoms with Crippen LogP contribution in [0.15, 0.2) is 71.8 Å². The number of benzene rings is 2. The van der Waals surface area contributed by atoms with Crippen LogP contribution in [0.1, 0.15) is 30.5 Å². The molecule has 4 nitrogen and oxygen atoms in total. The van der Waals surface area contributed by atoms with Crippen LogP contribution in [-0.4, -0.2) is 30.4 Å². The van der Waals surface area contributed by atoms with Gasteiger partial charge in [-0.2, -0.15) is 4.31 Å². The van der Waals surface area contributed by atoms with Crippen molar-refractivity contribution in [3.63, 3.8) is 0 Å². The molecule has 1 saturated heterocycles. The summed E-state index contributed by atoms with van der Waals surface area (Å²) >= 11 is 0. The first kappa shape index (κ1) is 19.9. The Morgan fingerprint density at radius 3 is 2.03 bits per heavy atom. The van der Waals surface area contributed by atoms with Crippen LogP contribution in [0.5, 0.6) is 0 Å². The molecule has 1 fully saturated rings. The highest BCUT2D eigenvalue weighted by atomic mass is 32.2. The molecule has 29 heavy (non-hydrogen) atoms. The molecule has 0 amide bonds. The molecule has 0 atom stereocenters. The van der Waals surface area contributed by atoms with E-state index in [0.29, 0.717) is 18.0 Å². The first-order valence-corrected chi connectivity index (χ1v) is 11.8. The molecule has 4 rings (SSSR count). The number of hydrogen-bond donors (Lipinski definition) is 0. The van der Waals surface area contributed by atoms with E-state index in [1.54, 1.807) is 16.4 Å². The van der Waals surface area contributed by atoms with Gasteiger partial charge in [-0.25, -0.2) is 8.42 Å². The van der Waals surface area contributed by atoms with Crippen molar-refractivity contribution in [1.82, 2.24) is 8.87 Å². The first-order chi connectivity index (χ1) is 14.0. The largest absolute Gasteiger partial charge is 0.351 e. The van der Waals surface area contributed by atoms with E-state index in [2.05, 4.69) is 54.1 Å².